The highest BCUT2D eigenvalue weighted by atomic mass is 19.1. The zero-order chi connectivity index (χ0) is 14.4. The molecule has 0 unspecified atom stereocenters. The SMILES string of the molecule is COc1cc(C(=O)NCCc2ccc(F)cc2)ncn1. The summed E-state index contributed by atoms with van der Waals surface area (Å²) in [5, 5.41) is 2.73. The molecule has 0 fully saturated rings. The van der Waals surface area contributed by atoms with E-state index in [0.29, 0.717) is 18.8 Å². The molecule has 1 heterocycles. The van der Waals surface area contributed by atoms with Crippen LogP contribution in [-0.4, -0.2) is 29.5 Å². The van der Waals surface area contributed by atoms with Crippen LogP contribution < -0.4 is 10.1 Å². The molecular formula is C14H14FN3O2. The van der Waals surface area contributed by atoms with Crippen LogP contribution in [0.15, 0.2) is 36.7 Å². The summed E-state index contributed by atoms with van der Waals surface area (Å²) in [6.45, 7) is 0.441. The molecule has 0 bridgehead atoms. The predicted molar refractivity (Wildman–Crippen MR) is 71.0 cm³/mol. The van der Waals surface area contributed by atoms with E-state index >= 15 is 0 Å². The maximum Gasteiger partial charge on any atom is 0.270 e. The molecule has 0 saturated heterocycles. The summed E-state index contributed by atoms with van der Waals surface area (Å²) in [6.07, 6.45) is 1.89. The van der Waals surface area contributed by atoms with Gasteiger partial charge in [0.1, 0.15) is 17.8 Å². The first kappa shape index (κ1) is 13.9. The van der Waals surface area contributed by atoms with Gasteiger partial charge in [0.2, 0.25) is 5.88 Å². The Morgan fingerprint density at radius 2 is 2.05 bits per heavy atom. The summed E-state index contributed by atoms with van der Waals surface area (Å²) >= 11 is 0. The smallest absolute Gasteiger partial charge is 0.270 e. The van der Waals surface area contributed by atoms with Crippen molar-refractivity contribution in [2.24, 2.45) is 0 Å². The molecule has 0 radical (unpaired) electrons. The molecule has 1 aromatic carbocycles. The van der Waals surface area contributed by atoms with Crippen molar-refractivity contribution in [3.8, 4) is 5.88 Å². The Bertz CT molecular complexity index is 587. The molecule has 1 aromatic heterocycles. The number of nitrogens with one attached hydrogen (secondary N) is 1. The Morgan fingerprint density at radius 1 is 1.30 bits per heavy atom. The van der Waals surface area contributed by atoms with Gasteiger partial charge in [-0.3, -0.25) is 4.79 Å². The number of carbonyl (C=O) groups is 1. The number of methoxy groups -OCH3 is 1. The average Bonchev–Trinajstić information content (AvgIpc) is 2.49. The lowest BCUT2D eigenvalue weighted by Gasteiger charge is -2.05. The Morgan fingerprint density at radius 3 is 2.75 bits per heavy atom. The largest absolute Gasteiger partial charge is 0.481 e. The van der Waals surface area contributed by atoms with E-state index in [4.69, 9.17) is 4.74 Å². The molecule has 2 aromatic rings. The summed E-state index contributed by atoms with van der Waals surface area (Å²) < 4.78 is 17.7. The molecule has 0 aliphatic heterocycles. The van der Waals surface area contributed by atoms with E-state index in [1.54, 1.807) is 12.1 Å². The van der Waals surface area contributed by atoms with Crippen molar-refractivity contribution in [2.45, 2.75) is 6.42 Å². The third-order valence-corrected chi connectivity index (χ3v) is 2.70. The molecule has 0 atom stereocenters. The van der Waals surface area contributed by atoms with Gasteiger partial charge in [-0.25, -0.2) is 14.4 Å². The van der Waals surface area contributed by atoms with Crippen LogP contribution in [-0.2, 0) is 6.42 Å². The number of aromatic nitrogens is 2. The Hall–Kier alpha value is -2.50. The molecule has 0 spiro atoms. The fourth-order valence-electron chi connectivity index (χ4n) is 1.64. The highest BCUT2D eigenvalue weighted by Gasteiger charge is 2.08. The van der Waals surface area contributed by atoms with E-state index in [1.807, 2.05) is 0 Å². The highest BCUT2D eigenvalue weighted by molar-refractivity contribution is 5.92. The van der Waals surface area contributed by atoms with Crippen LogP contribution in [0.1, 0.15) is 16.1 Å². The van der Waals surface area contributed by atoms with Crippen molar-refractivity contribution in [1.82, 2.24) is 15.3 Å². The van der Waals surface area contributed by atoms with Crippen LogP contribution in [0.3, 0.4) is 0 Å². The number of rotatable bonds is 5. The quantitative estimate of drug-likeness (QED) is 0.900. The van der Waals surface area contributed by atoms with Crippen LogP contribution in [0.5, 0.6) is 5.88 Å². The van der Waals surface area contributed by atoms with Crippen LogP contribution in [0.2, 0.25) is 0 Å². The van der Waals surface area contributed by atoms with E-state index in [9.17, 15) is 9.18 Å². The molecule has 0 aliphatic carbocycles. The summed E-state index contributed by atoms with van der Waals surface area (Å²) in [5.74, 6) is -0.234. The number of carbonyl (C=O) groups excluding carboxylic acids is 1. The van der Waals surface area contributed by atoms with Gasteiger partial charge in [0.05, 0.1) is 7.11 Å². The molecular weight excluding hydrogens is 261 g/mol. The van der Waals surface area contributed by atoms with Gasteiger partial charge in [-0.1, -0.05) is 12.1 Å². The van der Waals surface area contributed by atoms with Gasteiger partial charge in [0.25, 0.3) is 5.91 Å². The number of halogens is 1. The predicted octanol–water partition coefficient (Wildman–Crippen LogP) is 1.60. The van der Waals surface area contributed by atoms with Crippen molar-refractivity contribution < 1.29 is 13.9 Å². The second-order valence-electron chi connectivity index (χ2n) is 4.08. The van der Waals surface area contributed by atoms with Gasteiger partial charge >= 0.3 is 0 Å². The van der Waals surface area contributed by atoms with Gasteiger partial charge < -0.3 is 10.1 Å². The van der Waals surface area contributed by atoms with E-state index in [2.05, 4.69) is 15.3 Å². The fraction of sp³-hybridized carbons (Fsp3) is 0.214. The first-order valence-electron chi connectivity index (χ1n) is 6.07. The van der Waals surface area contributed by atoms with Gasteiger partial charge in [0.15, 0.2) is 0 Å². The van der Waals surface area contributed by atoms with Gasteiger partial charge in [-0.15, -0.1) is 0 Å². The molecule has 0 saturated carbocycles. The topological polar surface area (TPSA) is 64.1 Å². The zero-order valence-corrected chi connectivity index (χ0v) is 11.0. The lowest BCUT2D eigenvalue weighted by Crippen LogP contribution is -2.26. The summed E-state index contributed by atoms with van der Waals surface area (Å²) in [6, 6.07) is 7.64. The molecule has 20 heavy (non-hydrogen) atoms. The number of amides is 1. The average molecular weight is 275 g/mol. The maximum atomic E-state index is 12.7. The Balaban J connectivity index is 1.87. The van der Waals surface area contributed by atoms with E-state index in [1.165, 1.54) is 31.6 Å². The number of hydrogen-bond acceptors (Lipinski definition) is 4. The Kier molecular flexibility index (Phi) is 4.60. The van der Waals surface area contributed by atoms with E-state index in [0.717, 1.165) is 5.56 Å². The minimum atomic E-state index is -0.298. The second-order valence-corrected chi connectivity index (χ2v) is 4.08. The molecule has 1 N–H and O–H groups in total. The highest BCUT2D eigenvalue weighted by Crippen LogP contribution is 2.06. The van der Waals surface area contributed by atoms with Crippen molar-refractivity contribution >= 4 is 5.91 Å². The van der Waals surface area contributed by atoms with Crippen molar-refractivity contribution in [1.29, 1.82) is 0 Å². The van der Waals surface area contributed by atoms with Gasteiger partial charge in [-0.05, 0) is 24.1 Å². The zero-order valence-electron chi connectivity index (χ0n) is 11.0. The number of benzene rings is 1. The van der Waals surface area contributed by atoms with Gasteiger partial charge in [-0.2, -0.15) is 0 Å². The summed E-state index contributed by atoms with van der Waals surface area (Å²) in [5.41, 5.74) is 1.20. The van der Waals surface area contributed by atoms with Crippen molar-refractivity contribution in [2.75, 3.05) is 13.7 Å². The Labute approximate surface area is 115 Å². The molecule has 104 valence electrons. The molecule has 2 rings (SSSR count). The molecule has 0 aliphatic rings. The second kappa shape index (κ2) is 6.60. The lowest BCUT2D eigenvalue weighted by atomic mass is 10.1. The standard InChI is InChI=1S/C14H14FN3O2/c1-20-13-8-12(17-9-18-13)14(19)16-7-6-10-2-4-11(15)5-3-10/h2-5,8-9H,6-7H2,1H3,(H,16,19). The third-order valence-electron chi connectivity index (χ3n) is 2.70. The normalized spacial score (nSPS) is 10.1. The molecule has 1 amide bonds. The van der Waals surface area contributed by atoms with Crippen molar-refractivity contribution in [3.05, 3.63) is 53.7 Å². The third kappa shape index (κ3) is 3.74. The van der Waals surface area contributed by atoms with Crippen LogP contribution in [0.4, 0.5) is 4.39 Å². The fourth-order valence-corrected chi connectivity index (χ4v) is 1.64. The first-order valence-corrected chi connectivity index (χ1v) is 6.07. The summed E-state index contributed by atoms with van der Waals surface area (Å²) in [4.78, 5) is 19.5. The van der Waals surface area contributed by atoms with Crippen LogP contribution in [0.25, 0.3) is 0 Å². The molecule has 5 nitrogen and oxygen atoms in total. The van der Waals surface area contributed by atoms with Crippen LogP contribution >= 0.6 is 0 Å². The number of hydrogen-bond donors (Lipinski definition) is 1. The van der Waals surface area contributed by atoms with E-state index < -0.39 is 0 Å². The first-order chi connectivity index (χ1) is 9.69. The molecule has 6 heteroatoms. The minimum absolute atomic E-state index is 0.246. The lowest BCUT2D eigenvalue weighted by molar-refractivity contribution is 0.0948. The van der Waals surface area contributed by atoms with Crippen LogP contribution in [0, 0.1) is 5.82 Å². The van der Waals surface area contributed by atoms with E-state index in [-0.39, 0.29) is 17.4 Å². The minimum Gasteiger partial charge on any atom is -0.481 e. The monoisotopic (exact) mass is 275 g/mol. The van der Waals surface area contributed by atoms with Gasteiger partial charge in [0, 0.05) is 12.6 Å². The van der Waals surface area contributed by atoms with Crippen molar-refractivity contribution in [3.63, 3.8) is 0 Å². The number of ether oxygens (including phenoxy) is 1. The number of nitrogens with zero attached hydrogens (tertiary/aromatic N) is 2. The maximum absolute atomic E-state index is 12.7. The summed E-state index contributed by atoms with van der Waals surface area (Å²) in [7, 11) is 1.47.